The average molecular weight is 388 g/mol. The van der Waals surface area contributed by atoms with Crippen molar-refractivity contribution in [3.05, 3.63) is 53.6 Å². The van der Waals surface area contributed by atoms with Crippen LogP contribution in [-0.4, -0.2) is 35.3 Å². The number of para-hydroxylation sites is 1. The summed E-state index contributed by atoms with van der Waals surface area (Å²) in [4.78, 5) is 24.9. The molecule has 0 aliphatic carbocycles. The number of amides is 1. The molecule has 0 radical (unpaired) electrons. The Morgan fingerprint density at radius 2 is 2.04 bits per heavy atom. The molecule has 0 bridgehead atoms. The lowest BCUT2D eigenvalue weighted by Crippen LogP contribution is -2.38. The molecule has 140 valence electrons. The Kier molecular flexibility index (Phi) is 5.61. The minimum atomic E-state index is -0.773. The number of benzene rings is 2. The molecule has 1 amide bonds. The summed E-state index contributed by atoms with van der Waals surface area (Å²) in [6.45, 7) is 1.92. The number of ether oxygens (including phenoxy) is 1. The minimum Gasteiger partial charge on any atom is -0.506 e. The maximum absolute atomic E-state index is 12.9. The lowest BCUT2D eigenvalue weighted by Gasteiger charge is -2.23. The number of phenols is 1. The van der Waals surface area contributed by atoms with Crippen LogP contribution in [0.25, 0.3) is 0 Å². The summed E-state index contributed by atoms with van der Waals surface area (Å²) in [6, 6.07) is 12.6. The van der Waals surface area contributed by atoms with E-state index in [1.807, 2.05) is 18.2 Å². The molecule has 2 aromatic carbocycles. The van der Waals surface area contributed by atoms with Crippen LogP contribution in [0.1, 0.15) is 13.3 Å². The molecule has 0 fully saturated rings. The quantitative estimate of drug-likeness (QED) is 0.607. The van der Waals surface area contributed by atoms with Gasteiger partial charge in [-0.2, -0.15) is 5.10 Å². The van der Waals surface area contributed by atoms with Crippen molar-refractivity contribution in [3.63, 3.8) is 0 Å². The zero-order chi connectivity index (χ0) is 19.4. The normalized spacial score (nSPS) is 16.0. The van der Waals surface area contributed by atoms with E-state index in [9.17, 15) is 14.7 Å². The number of nitrogens with zero attached hydrogens (tertiary/aromatic N) is 2. The van der Waals surface area contributed by atoms with Crippen LogP contribution in [0.15, 0.2) is 53.6 Å². The van der Waals surface area contributed by atoms with Gasteiger partial charge in [-0.1, -0.05) is 29.8 Å². The molecular weight excluding hydrogens is 370 g/mol. The molecule has 0 unspecified atom stereocenters. The lowest BCUT2D eigenvalue weighted by molar-refractivity contribution is -0.135. The Morgan fingerprint density at radius 3 is 2.74 bits per heavy atom. The maximum atomic E-state index is 12.9. The van der Waals surface area contributed by atoms with E-state index in [2.05, 4.69) is 10.4 Å². The number of hydrogen-bond acceptors (Lipinski definition) is 6. The highest BCUT2D eigenvalue weighted by molar-refractivity contribution is 6.38. The Morgan fingerprint density at radius 1 is 1.30 bits per heavy atom. The van der Waals surface area contributed by atoms with Crippen LogP contribution < -0.4 is 10.3 Å². The molecule has 2 N–H and O–H groups in total. The van der Waals surface area contributed by atoms with Crippen molar-refractivity contribution in [3.8, 4) is 5.75 Å². The van der Waals surface area contributed by atoms with Crippen molar-refractivity contribution in [2.24, 2.45) is 5.10 Å². The molecule has 1 aliphatic heterocycles. The number of nitrogens with one attached hydrogen (secondary N) is 1. The number of hydrazone groups is 1. The van der Waals surface area contributed by atoms with Crippen LogP contribution in [0.3, 0.4) is 0 Å². The molecule has 0 saturated carbocycles. The summed E-state index contributed by atoms with van der Waals surface area (Å²) in [5, 5.41) is 18.7. The van der Waals surface area contributed by atoms with E-state index in [1.165, 1.54) is 23.2 Å². The molecule has 1 aliphatic rings. The van der Waals surface area contributed by atoms with Crippen LogP contribution in [0.2, 0.25) is 5.02 Å². The third kappa shape index (κ3) is 4.20. The first-order chi connectivity index (χ1) is 13.0. The second kappa shape index (κ2) is 8.09. The number of carbonyl (C=O) groups is 2. The number of anilines is 2. The van der Waals surface area contributed by atoms with Crippen molar-refractivity contribution < 1.29 is 19.4 Å². The number of phenolic OH excluding ortho intramolecular Hbond substituents is 1. The lowest BCUT2D eigenvalue weighted by atomic mass is 10.1. The van der Waals surface area contributed by atoms with Gasteiger partial charge >= 0.3 is 5.97 Å². The van der Waals surface area contributed by atoms with Gasteiger partial charge in [-0.3, -0.25) is 9.80 Å². The van der Waals surface area contributed by atoms with Crippen molar-refractivity contribution in [1.29, 1.82) is 0 Å². The number of aromatic hydroxyl groups is 1. The predicted octanol–water partition coefficient (Wildman–Crippen LogP) is 3.18. The summed E-state index contributed by atoms with van der Waals surface area (Å²) in [6.07, 6.45) is 0.0842. The Labute approximate surface area is 161 Å². The molecule has 1 atom stereocenters. The van der Waals surface area contributed by atoms with Gasteiger partial charge in [-0.25, -0.2) is 4.79 Å². The summed E-state index contributed by atoms with van der Waals surface area (Å²) in [7, 11) is 0. The zero-order valence-corrected chi connectivity index (χ0v) is 15.3. The standard InChI is InChI=1S/C19H18ClN3O4/c1-2-27-19(26)15-11-16(23(22-15)13-6-4-3-5-7-13)18(25)21-14-10-12(20)8-9-17(14)24/h3-10,16,24H,2,11H2,1H3,(H,21,25)/t16-/m1/s1. The van der Waals surface area contributed by atoms with Gasteiger partial charge in [0.1, 0.15) is 17.5 Å². The first-order valence-electron chi connectivity index (χ1n) is 8.38. The molecule has 3 rings (SSSR count). The first-order valence-corrected chi connectivity index (χ1v) is 8.75. The smallest absolute Gasteiger partial charge is 0.354 e. The van der Waals surface area contributed by atoms with Crippen LogP contribution in [0.5, 0.6) is 5.75 Å². The van der Waals surface area contributed by atoms with Gasteiger partial charge in [0.05, 0.1) is 18.0 Å². The van der Waals surface area contributed by atoms with Crippen LogP contribution in [-0.2, 0) is 14.3 Å². The van der Waals surface area contributed by atoms with E-state index in [0.29, 0.717) is 10.7 Å². The highest BCUT2D eigenvalue weighted by Gasteiger charge is 2.37. The Balaban J connectivity index is 1.86. The molecule has 7 nitrogen and oxygen atoms in total. The fourth-order valence-electron chi connectivity index (χ4n) is 2.70. The SMILES string of the molecule is CCOC(=O)C1=NN(c2ccccc2)[C@@H](C(=O)Nc2cc(Cl)ccc2O)C1. The number of halogens is 1. The topological polar surface area (TPSA) is 91.2 Å². The van der Waals surface area contributed by atoms with E-state index in [0.717, 1.165) is 0 Å². The molecular formula is C19H18ClN3O4. The van der Waals surface area contributed by atoms with Gasteiger partial charge in [0, 0.05) is 11.4 Å². The van der Waals surface area contributed by atoms with Gasteiger partial charge < -0.3 is 15.2 Å². The van der Waals surface area contributed by atoms with Gasteiger partial charge in [0.15, 0.2) is 0 Å². The van der Waals surface area contributed by atoms with Crippen molar-refractivity contribution in [2.75, 3.05) is 16.9 Å². The second-order valence-corrected chi connectivity index (χ2v) is 6.25. The molecule has 1 heterocycles. The predicted molar refractivity (Wildman–Crippen MR) is 103 cm³/mol. The highest BCUT2D eigenvalue weighted by atomic mass is 35.5. The number of carbonyl (C=O) groups excluding carboxylic acids is 2. The zero-order valence-electron chi connectivity index (χ0n) is 14.6. The van der Waals surface area contributed by atoms with Crippen LogP contribution in [0.4, 0.5) is 11.4 Å². The van der Waals surface area contributed by atoms with E-state index >= 15 is 0 Å². The van der Waals surface area contributed by atoms with Crippen molar-refractivity contribution >= 4 is 40.6 Å². The third-order valence-corrected chi connectivity index (χ3v) is 4.20. The first kappa shape index (κ1) is 18.7. The molecule has 27 heavy (non-hydrogen) atoms. The summed E-state index contributed by atoms with van der Waals surface area (Å²) in [5.41, 5.74) is 1.01. The summed E-state index contributed by atoms with van der Waals surface area (Å²) in [5.74, 6) is -1.10. The van der Waals surface area contributed by atoms with Gasteiger partial charge in [0.2, 0.25) is 5.91 Å². The largest absolute Gasteiger partial charge is 0.506 e. The molecule has 0 aromatic heterocycles. The molecule has 8 heteroatoms. The van der Waals surface area contributed by atoms with Gasteiger partial charge in [0.25, 0.3) is 0 Å². The fraction of sp³-hybridized carbons (Fsp3) is 0.211. The molecule has 0 saturated heterocycles. The second-order valence-electron chi connectivity index (χ2n) is 5.82. The monoisotopic (exact) mass is 387 g/mol. The van der Waals surface area contributed by atoms with E-state index in [1.54, 1.807) is 19.1 Å². The van der Waals surface area contributed by atoms with Crippen molar-refractivity contribution in [2.45, 2.75) is 19.4 Å². The van der Waals surface area contributed by atoms with E-state index in [-0.39, 0.29) is 30.2 Å². The van der Waals surface area contributed by atoms with Gasteiger partial charge in [-0.15, -0.1) is 0 Å². The molecule has 2 aromatic rings. The number of esters is 1. The van der Waals surface area contributed by atoms with E-state index in [4.69, 9.17) is 16.3 Å². The summed E-state index contributed by atoms with van der Waals surface area (Å²) < 4.78 is 5.01. The Hall–Kier alpha value is -3.06. The molecule has 0 spiro atoms. The minimum absolute atomic E-state index is 0.0842. The van der Waals surface area contributed by atoms with Crippen LogP contribution in [0, 0.1) is 0 Å². The Bertz CT molecular complexity index is 886. The van der Waals surface area contributed by atoms with E-state index < -0.39 is 17.9 Å². The average Bonchev–Trinajstić information content (AvgIpc) is 3.11. The van der Waals surface area contributed by atoms with Crippen molar-refractivity contribution in [1.82, 2.24) is 0 Å². The van der Waals surface area contributed by atoms with Gasteiger partial charge in [-0.05, 0) is 37.3 Å². The summed E-state index contributed by atoms with van der Waals surface area (Å²) >= 11 is 5.93. The maximum Gasteiger partial charge on any atom is 0.354 e. The third-order valence-electron chi connectivity index (χ3n) is 3.96. The fourth-order valence-corrected chi connectivity index (χ4v) is 2.87. The highest BCUT2D eigenvalue weighted by Crippen LogP contribution is 2.29. The number of rotatable bonds is 5. The van der Waals surface area contributed by atoms with Crippen LogP contribution >= 0.6 is 11.6 Å². The number of hydrogen-bond donors (Lipinski definition) is 2.